The Morgan fingerprint density at radius 1 is 1.26 bits per heavy atom. The predicted molar refractivity (Wildman–Crippen MR) is 118 cm³/mol. The van der Waals surface area contributed by atoms with Crippen molar-refractivity contribution in [3.8, 4) is 0 Å². The van der Waals surface area contributed by atoms with Crippen molar-refractivity contribution in [1.82, 2.24) is 19.7 Å². The number of nitrogens with zero attached hydrogens (tertiary/aromatic N) is 4. The van der Waals surface area contributed by atoms with Gasteiger partial charge < -0.3 is 19.6 Å². The number of fused-ring (bicyclic) bond motifs is 1. The summed E-state index contributed by atoms with van der Waals surface area (Å²) < 4.78 is 5.64. The molecule has 2 unspecified atom stereocenters. The van der Waals surface area contributed by atoms with Gasteiger partial charge in [0.05, 0.1) is 18.3 Å². The van der Waals surface area contributed by atoms with Gasteiger partial charge in [-0.1, -0.05) is 31.5 Å². The van der Waals surface area contributed by atoms with Gasteiger partial charge in [0, 0.05) is 32.2 Å². The van der Waals surface area contributed by atoms with Gasteiger partial charge in [0.25, 0.3) is 0 Å². The number of piperazine rings is 1. The fourth-order valence-corrected chi connectivity index (χ4v) is 4.52. The molecule has 9 heteroatoms. The van der Waals surface area contributed by atoms with Gasteiger partial charge in [0.1, 0.15) is 10.8 Å². The summed E-state index contributed by atoms with van der Waals surface area (Å²) in [5, 5.41) is 10.0. The lowest BCUT2D eigenvalue weighted by Crippen LogP contribution is -2.58. The molecule has 0 saturated carbocycles. The molecule has 2 amide bonds. The highest BCUT2D eigenvalue weighted by molar-refractivity contribution is 6.29. The number of hydrogen-bond donors (Lipinski definition) is 1. The molecular formula is C22H33ClN4O4. The normalized spacial score (nSPS) is 22.4. The first-order chi connectivity index (χ1) is 14.4. The monoisotopic (exact) mass is 452 g/mol. The summed E-state index contributed by atoms with van der Waals surface area (Å²) >= 11 is 6.17. The highest BCUT2D eigenvalue weighted by Crippen LogP contribution is 2.33. The first-order valence-corrected chi connectivity index (χ1v) is 11.2. The second kappa shape index (κ2) is 9.20. The van der Waals surface area contributed by atoms with Crippen molar-refractivity contribution in [2.24, 2.45) is 5.92 Å². The highest BCUT2D eigenvalue weighted by Gasteiger charge is 2.39. The molecule has 1 saturated heterocycles. The van der Waals surface area contributed by atoms with Gasteiger partial charge >= 0.3 is 12.2 Å². The molecule has 2 aliphatic rings. The Kier molecular flexibility index (Phi) is 7.01. The smallest absolute Gasteiger partial charge is 0.410 e. The van der Waals surface area contributed by atoms with E-state index >= 15 is 0 Å². The zero-order valence-electron chi connectivity index (χ0n) is 19.0. The predicted octanol–water partition coefficient (Wildman–Crippen LogP) is 4.24. The molecule has 31 heavy (non-hydrogen) atoms. The van der Waals surface area contributed by atoms with Gasteiger partial charge in [0.15, 0.2) is 0 Å². The van der Waals surface area contributed by atoms with Crippen LogP contribution >= 0.6 is 11.6 Å². The van der Waals surface area contributed by atoms with Crippen LogP contribution in [0.4, 0.5) is 9.59 Å². The summed E-state index contributed by atoms with van der Waals surface area (Å²) in [6, 6.07) is 3.33. The number of carbonyl (C=O) groups excluding carboxylic acids is 1. The molecule has 2 aliphatic heterocycles. The average molecular weight is 453 g/mol. The van der Waals surface area contributed by atoms with Crippen molar-refractivity contribution in [3.63, 3.8) is 0 Å². The van der Waals surface area contributed by atoms with Crippen molar-refractivity contribution in [2.75, 3.05) is 26.2 Å². The van der Waals surface area contributed by atoms with Gasteiger partial charge in [-0.15, -0.1) is 0 Å². The lowest BCUT2D eigenvalue weighted by Gasteiger charge is -2.47. The van der Waals surface area contributed by atoms with E-state index in [1.54, 1.807) is 6.07 Å². The Labute approximate surface area is 189 Å². The topological polar surface area (TPSA) is 86.2 Å². The van der Waals surface area contributed by atoms with Crippen molar-refractivity contribution in [3.05, 3.63) is 28.5 Å². The Morgan fingerprint density at radius 2 is 1.97 bits per heavy atom. The number of aromatic nitrogens is 1. The van der Waals surface area contributed by atoms with Crippen LogP contribution < -0.4 is 0 Å². The lowest BCUT2D eigenvalue weighted by atomic mass is 9.95. The standard InChI is InChI=1S/C22H33ClN4O4/c1-14(2)10-16-12-25(8-9-27(16)21(30)31-22(3,4)5)17-13-26(20(28)29)11-15-6-7-18(23)24-19(15)17/h6-7,14,16-17H,8-13H2,1-5H3,(H,28,29). The molecule has 0 spiro atoms. The minimum Gasteiger partial charge on any atom is -0.465 e. The molecule has 1 aromatic rings. The van der Waals surface area contributed by atoms with Crippen LogP contribution in [0.25, 0.3) is 0 Å². The molecule has 0 bridgehead atoms. The third kappa shape index (κ3) is 5.80. The molecule has 1 aromatic heterocycles. The van der Waals surface area contributed by atoms with Crippen LogP contribution in [0.5, 0.6) is 0 Å². The number of halogens is 1. The van der Waals surface area contributed by atoms with Crippen molar-refractivity contribution in [1.29, 1.82) is 0 Å². The van der Waals surface area contributed by atoms with E-state index in [1.807, 2.05) is 31.7 Å². The molecule has 0 aromatic carbocycles. The number of pyridine rings is 1. The van der Waals surface area contributed by atoms with E-state index in [0.717, 1.165) is 17.7 Å². The maximum Gasteiger partial charge on any atom is 0.410 e. The van der Waals surface area contributed by atoms with E-state index in [9.17, 15) is 14.7 Å². The SMILES string of the molecule is CC(C)CC1CN(C2CN(C(=O)O)Cc3ccc(Cl)nc32)CCN1C(=O)OC(C)(C)C. The number of ether oxygens (including phenoxy) is 1. The van der Waals surface area contributed by atoms with Gasteiger partial charge in [-0.3, -0.25) is 4.90 Å². The van der Waals surface area contributed by atoms with E-state index in [2.05, 4.69) is 23.7 Å². The zero-order valence-corrected chi connectivity index (χ0v) is 19.7. The van der Waals surface area contributed by atoms with Crippen LogP contribution in [0.1, 0.15) is 58.3 Å². The van der Waals surface area contributed by atoms with E-state index in [-0.39, 0.29) is 18.2 Å². The maximum atomic E-state index is 12.8. The Hall–Kier alpha value is -2.06. The van der Waals surface area contributed by atoms with Crippen molar-refractivity contribution >= 4 is 23.8 Å². The van der Waals surface area contributed by atoms with Crippen LogP contribution in [0, 0.1) is 5.92 Å². The van der Waals surface area contributed by atoms with E-state index in [4.69, 9.17) is 16.3 Å². The molecule has 3 rings (SSSR count). The lowest BCUT2D eigenvalue weighted by molar-refractivity contribution is -0.0155. The van der Waals surface area contributed by atoms with Crippen LogP contribution in [0.3, 0.4) is 0 Å². The summed E-state index contributed by atoms with van der Waals surface area (Å²) in [4.78, 5) is 34.6. The third-order valence-corrected chi connectivity index (χ3v) is 5.86. The minimum absolute atomic E-state index is 0.0218. The van der Waals surface area contributed by atoms with Gasteiger partial charge in [-0.05, 0) is 44.7 Å². The van der Waals surface area contributed by atoms with Crippen LogP contribution in [0.15, 0.2) is 12.1 Å². The molecule has 1 fully saturated rings. The molecule has 0 aliphatic carbocycles. The average Bonchev–Trinajstić information content (AvgIpc) is 2.65. The maximum absolute atomic E-state index is 12.8. The Bertz CT molecular complexity index is 826. The van der Waals surface area contributed by atoms with Crippen LogP contribution in [-0.2, 0) is 11.3 Å². The first-order valence-electron chi connectivity index (χ1n) is 10.8. The van der Waals surface area contributed by atoms with Crippen molar-refractivity contribution in [2.45, 2.75) is 65.3 Å². The zero-order chi connectivity index (χ0) is 22.9. The number of amides is 2. The first kappa shape index (κ1) is 23.6. The van der Waals surface area contributed by atoms with Crippen LogP contribution in [-0.4, -0.2) is 74.8 Å². The largest absolute Gasteiger partial charge is 0.465 e. The molecular weight excluding hydrogens is 420 g/mol. The fourth-order valence-electron chi connectivity index (χ4n) is 4.37. The molecule has 1 N–H and O–H groups in total. The number of carbonyl (C=O) groups is 2. The van der Waals surface area contributed by atoms with Crippen molar-refractivity contribution < 1.29 is 19.4 Å². The number of hydrogen-bond acceptors (Lipinski definition) is 5. The summed E-state index contributed by atoms with van der Waals surface area (Å²) in [5.41, 5.74) is 1.15. The van der Waals surface area contributed by atoms with E-state index in [0.29, 0.717) is 43.8 Å². The molecule has 8 nitrogen and oxygen atoms in total. The molecule has 172 valence electrons. The fraction of sp³-hybridized carbons (Fsp3) is 0.682. The second-order valence-corrected chi connectivity index (χ2v) is 10.2. The van der Waals surface area contributed by atoms with Gasteiger partial charge in [-0.25, -0.2) is 14.6 Å². The molecule has 0 radical (unpaired) electrons. The second-order valence-electron chi connectivity index (χ2n) is 9.81. The summed E-state index contributed by atoms with van der Waals surface area (Å²) in [6.07, 6.45) is -0.409. The number of carboxylic acid groups (broad SMARTS) is 1. The Morgan fingerprint density at radius 3 is 2.58 bits per heavy atom. The van der Waals surface area contributed by atoms with Gasteiger partial charge in [-0.2, -0.15) is 0 Å². The highest BCUT2D eigenvalue weighted by atomic mass is 35.5. The van der Waals surface area contributed by atoms with Crippen LogP contribution in [0.2, 0.25) is 5.15 Å². The summed E-state index contributed by atoms with van der Waals surface area (Å²) in [6.45, 7) is 12.3. The Balaban J connectivity index is 1.85. The molecule has 2 atom stereocenters. The summed E-state index contributed by atoms with van der Waals surface area (Å²) in [7, 11) is 0. The quantitative estimate of drug-likeness (QED) is 0.690. The summed E-state index contributed by atoms with van der Waals surface area (Å²) in [5.74, 6) is 0.400. The van der Waals surface area contributed by atoms with Gasteiger partial charge in [0.2, 0.25) is 0 Å². The number of rotatable bonds is 3. The minimum atomic E-state index is -0.947. The van der Waals surface area contributed by atoms with E-state index in [1.165, 1.54) is 4.90 Å². The third-order valence-electron chi connectivity index (χ3n) is 5.65. The molecule has 3 heterocycles. The van der Waals surface area contributed by atoms with E-state index < -0.39 is 11.7 Å².